The van der Waals surface area contributed by atoms with Gasteiger partial charge in [0.15, 0.2) is 6.04 Å². The first kappa shape index (κ1) is 12.7. The molecular weight excluding hydrogens is 270 g/mol. The van der Waals surface area contributed by atoms with Crippen molar-refractivity contribution < 1.29 is 4.74 Å². The molecule has 0 amide bonds. The van der Waals surface area contributed by atoms with Gasteiger partial charge in [0, 0.05) is 11.8 Å². The van der Waals surface area contributed by atoms with E-state index in [0.717, 1.165) is 11.4 Å². The minimum absolute atomic E-state index is 0.519. The summed E-state index contributed by atoms with van der Waals surface area (Å²) in [5.41, 5.74) is 0.798. The average molecular weight is 280 g/mol. The Hall–Kier alpha value is -1.77. The largest absolute Gasteiger partial charge is 0.497 e. The summed E-state index contributed by atoms with van der Waals surface area (Å²) in [6, 6.07) is 9.01. The highest BCUT2D eigenvalue weighted by Crippen LogP contribution is 2.27. The number of nitrogens with one attached hydrogen (secondary N) is 1. The van der Waals surface area contributed by atoms with Gasteiger partial charge < -0.3 is 10.1 Å². The molecule has 0 spiro atoms. The van der Waals surface area contributed by atoms with E-state index in [1.807, 2.05) is 24.3 Å². The minimum Gasteiger partial charge on any atom is -0.497 e. The lowest BCUT2D eigenvalue weighted by atomic mass is 10.2. The second kappa shape index (κ2) is 5.71. The van der Waals surface area contributed by atoms with E-state index in [2.05, 4.69) is 16.4 Å². The highest BCUT2D eigenvalue weighted by Gasteiger charge is 2.14. The third kappa shape index (κ3) is 2.92. The molecule has 0 saturated heterocycles. The monoisotopic (exact) mass is 279 g/mol. The van der Waals surface area contributed by atoms with Crippen LogP contribution in [0.15, 0.2) is 30.5 Å². The third-order valence-corrected chi connectivity index (χ3v) is 3.43. The number of methoxy groups -OCH3 is 1. The van der Waals surface area contributed by atoms with E-state index >= 15 is 0 Å². The van der Waals surface area contributed by atoms with Gasteiger partial charge in [-0.2, -0.15) is 5.26 Å². The molecule has 92 valence electrons. The molecule has 2 rings (SSSR count). The summed E-state index contributed by atoms with van der Waals surface area (Å²) in [7, 11) is 1.60. The molecule has 0 aliphatic carbocycles. The fraction of sp³-hybridized carbons (Fsp3) is 0.167. The maximum atomic E-state index is 9.16. The van der Waals surface area contributed by atoms with Crippen LogP contribution >= 0.6 is 22.9 Å². The average Bonchev–Trinajstić information content (AvgIpc) is 2.82. The molecule has 1 atom stereocenters. The van der Waals surface area contributed by atoms with Crippen molar-refractivity contribution in [1.29, 1.82) is 5.26 Å². The van der Waals surface area contributed by atoms with Crippen molar-refractivity contribution >= 4 is 28.6 Å². The van der Waals surface area contributed by atoms with Crippen molar-refractivity contribution in [2.24, 2.45) is 0 Å². The van der Waals surface area contributed by atoms with Gasteiger partial charge in [-0.1, -0.05) is 17.7 Å². The molecule has 0 aliphatic rings. The second-order valence-corrected chi connectivity index (χ2v) is 5.13. The van der Waals surface area contributed by atoms with E-state index in [1.165, 1.54) is 11.3 Å². The van der Waals surface area contributed by atoms with Crippen LogP contribution in [-0.4, -0.2) is 12.1 Å². The van der Waals surface area contributed by atoms with Crippen molar-refractivity contribution in [3.05, 3.63) is 39.8 Å². The molecule has 1 N–H and O–H groups in total. The molecule has 0 aliphatic heterocycles. The first-order valence-corrected chi connectivity index (χ1v) is 6.34. The predicted octanol–water partition coefficient (Wildman–Crippen LogP) is 3.48. The molecule has 2 aromatic rings. The Morgan fingerprint density at radius 1 is 1.56 bits per heavy atom. The van der Waals surface area contributed by atoms with Crippen LogP contribution in [0.5, 0.6) is 5.75 Å². The standard InChI is InChI=1S/C12H10ClN3OS/c1-17-9-4-2-3-8(5-9)16-10(6-14)12-15-7-11(13)18-12/h2-5,7,10,16H,1H3. The lowest BCUT2D eigenvalue weighted by Crippen LogP contribution is -2.07. The van der Waals surface area contributed by atoms with Crippen LogP contribution in [0.2, 0.25) is 4.34 Å². The zero-order valence-corrected chi connectivity index (χ0v) is 11.1. The van der Waals surface area contributed by atoms with Gasteiger partial charge in [-0.25, -0.2) is 4.98 Å². The van der Waals surface area contributed by atoms with Gasteiger partial charge in [0.2, 0.25) is 0 Å². The van der Waals surface area contributed by atoms with Gasteiger partial charge in [-0.15, -0.1) is 11.3 Å². The number of ether oxygens (including phenoxy) is 1. The summed E-state index contributed by atoms with van der Waals surface area (Å²) in [4.78, 5) is 4.10. The first-order valence-electron chi connectivity index (χ1n) is 5.14. The van der Waals surface area contributed by atoms with Crippen molar-refractivity contribution in [2.45, 2.75) is 6.04 Å². The molecule has 0 saturated carbocycles. The summed E-state index contributed by atoms with van der Waals surface area (Å²) in [5, 5.41) is 12.9. The SMILES string of the molecule is COc1cccc(NC(C#N)c2ncc(Cl)s2)c1. The number of hydrogen-bond donors (Lipinski definition) is 1. The van der Waals surface area contributed by atoms with Crippen molar-refractivity contribution in [3.8, 4) is 11.8 Å². The topological polar surface area (TPSA) is 57.9 Å². The number of benzene rings is 1. The molecule has 1 unspecified atom stereocenters. The van der Waals surface area contributed by atoms with Crippen LogP contribution in [0, 0.1) is 11.3 Å². The Balaban J connectivity index is 2.18. The van der Waals surface area contributed by atoms with Crippen molar-refractivity contribution in [1.82, 2.24) is 4.98 Å². The summed E-state index contributed by atoms with van der Waals surface area (Å²) in [6.45, 7) is 0. The predicted molar refractivity (Wildman–Crippen MR) is 72.1 cm³/mol. The number of halogens is 1. The molecule has 18 heavy (non-hydrogen) atoms. The Morgan fingerprint density at radius 2 is 2.39 bits per heavy atom. The van der Waals surface area contributed by atoms with E-state index in [0.29, 0.717) is 9.34 Å². The van der Waals surface area contributed by atoms with Gasteiger partial charge in [0.1, 0.15) is 15.1 Å². The number of rotatable bonds is 4. The van der Waals surface area contributed by atoms with Crippen LogP contribution in [0.3, 0.4) is 0 Å². The van der Waals surface area contributed by atoms with E-state index in [1.54, 1.807) is 13.3 Å². The third-order valence-electron chi connectivity index (χ3n) is 2.25. The van der Waals surface area contributed by atoms with Crippen LogP contribution in [0.4, 0.5) is 5.69 Å². The lowest BCUT2D eigenvalue weighted by Gasteiger charge is -2.11. The molecule has 0 fully saturated rings. The Labute approximate surface area is 114 Å². The molecule has 0 bridgehead atoms. The highest BCUT2D eigenvalue weighted by molar-refractivity contribution is 7.15. The summed E-state index contributed by atoms with van der Waals surface area (Å²) in [5.74, 6) is 0.730. The highest BCUT2D eigenvalue weighted by atomic mass is 35.5. The molecular formula is C12H10ClN3OS. The van der Waals surface area contributed by atoms with Gasteiger partial charge in [0.05, 0.1) is 19.4 Å². The maximum Gasteiger partial charge on any atom is 0.167 e. The summed E-state index contributed by atoms with van der Waals surface area (Å²) in [6.07, 6.45) is 1.54. The Bertz CT molecular complexity index is 579. The summed E-state index contributed by atoms with van der Waals surface area (Å²) >= 11 is 7.10. The molecule has 1 aromatic carbocycles. The zero-order chi connectivity index (χ0) is 13.0. The molecule has 4 nitrogen and oxygen atoms in total. The van der Waals surface area contributed by atoms with Gasteiger partial charge in [-0.3, -0.25) is 0 Å². The lowest BCUT2D eigenvalue weighted by molar-refractivity contribution is 0.415. The van der Waals surface area contributed by atoms with Crippen molar-refractivity contribution in [3.63, 3.8) is 0 Å². The van der Waals surface area contributed by atoms with Crippen LogP contribution in [-0.2, 0) is 0 Å². The van der Waals surface area contributed by atoms with Gasteiger partial charge >= 0.3 is 0 Å². The summed E-state index contributed by atoms with van der Waals surface area (Å²) < 4.78 is 5.69. The zero-order valence-electron chi connectivity index (χ0n) is 9.55. The normalized spacial score (nSPS) is 11.6. The van der Waals surface area contributed by atoms with E-state index in [-0.39, 0.29) is 0 Å². The number of nitriles is 1. The second-order valence-electron chi connectivity index (χ2n) is 3.44. The smallest absolute Gasteiger partial charge is 0.167 e. The fourth-order valence-electron chi connectivity index (χ4n) is 1.43. The molecule has 6 heteroatoms. The Morgan fingerprint density at radius 3 is 3.00 bits per heavy atom. The number of nitrogens with zero attached hydrogens (tertiary/aromatic N) is 2. The number of aromatic nitrogens is 1. The molecule has 1 aromatic heterocycles. The van der Waals surface area contributed by atoms with Crippen molar-refractivity contribution in [2.75, 3.05) is 12.4 Å². The number of anilines is 1. The first-order chi connectivity index (χ1) is 8.72. The quantitative estimate of drug-likeness (QED) is 0.931. The Kier molecular flexibility index (Phi) is 4.03. The maximum absolute atomic E-state index is 9.16. The van der Waals surface area contributed by atoms with Crippen LogP contribution < -0.4 is 10.1 Å². The van der Waals surface area contributed by atoms with Crippen LogP contribution in [0.25, 0.3) is 0 Å². The fourth-order valence-corrected chi connectivity index (χ4v) is 2.36. The molecule has 0 radical (unpaired) electrons. The van der Waals surface area contributed by atoms with Gasteiger partial charge in [-0.05, 0) is 12.1 Å². The molecule has 1 heterocycles. The minimum atomic E-state index is -0.519. The number of thiazole rings is 1. The van der Waals surface area contributed by atoms with E-state index in [9.17, 15) is 0 Å². The van der Waals surface area contributed by atoms with E-state index < -0.39 is 6.04 Å². The van der Waals surface area contributed by atoms with E-state index in [4.69, 9.17) is 21.6 Å². The van der Waals surface area contributed by atoms with Gasteiger partial charge in [0.25, 0.3) is 0 Å². The number of hydrogen-bond acceptors (Lipinski definition) is 5. The van der Waals surface area contributed by atoms with Crippen LogP contribution in [0.1, 0.15) is 11.0 Å².